The van der Waals surface area contributed by atoms with Gasteiger partial charge in [0.05, 0.1) is 0 Å². The predicted molar refractivity (Wildman–Crippen MR) is 41.7 cm³/mol. The summed E-state index contributed by atoms with van der Waals surface area (Å²) in [5.74, 6) is 0. The third kappa shape index (κ3) is 8.50. The van der Waals surface area contributed by atoms with Crippen LogP contribution >= 0.6 is 0 Å². The molecule has 0 bridgehead atoms. The SMILES string of the molecule is CCC[CH2][Sn][CH]=CCO. The molecule has 0 fully saturated rings. The summed E-state index contributed by atoms with van der Waals surface area (Å²) >= 11 is -0.191. The van der Waals surface area contributed by atoms with Gasteiger partial charge in [-0.05, 0) is 0 Å². The van der Waals surface area contributed by atoms with Crippen molar-refractivity contribution in [1.29, 1.82) is 0 Å². The minimum absolute atomic E-state index is 0.191. The first-order valence-corrected chi connectivity index (χ1v) is 7.07. The molecule has 2 radical (unpaired) electrons. The molecule has 0 atom stereocenters. The summed E-state index contributed by atoms with van der Waals surface area (Å²) in [5.41, 5.74) is 0. The van der Waals surface area contributed by atoms with Gasteiger partial charge in [0.2, 0.25) is 0 Å². The molecule has 0 aliphatic rings. The van der Waals surface area contributed by atoms with Crippen LogP contribution < -0.4 is 0 Å². The van der Waals surface area contributed by atoms with Crippen molar-refractivity contribution >= 4 is 21.1 Å². The van der Waals surface area contributed by atoms with Gasteiger partial charge >= 0.3 is 67.2 Å². The van der Waals surface area contributed by atoms with E-state index < -0.39 is 0 Å². The molecule has 0 spiro atoms. The Morgan fingerprint density at radius 2 is 2.33 bits per heavy atom. The average Bonchev–Trinajstić information content (AvgIpc) is 1.89. The molecule has 0 heterocycles. The van der Waals surface area contributed by atoms with Crippen LogP contribution in [-0.2, 0) is 0 Å². The van der Waals surface area contributed by atoms with Crippen molar-refractivity contribution in [3.63, 3.8) is 0 Å². The first-order valence-electron chi connectivity index (χ1n) is 3.41. The van der Waals surface area contributed by atoms with Gasteiger partial charge in [0, 0.05) is 0 Å². The third-order valence-corrected chi connectivity index (χ3v) is 4.19. The van der Waals surface area contributed by atoms with Gasteiger partial charge in [0.25, 0.3) is 0 Å². The fourth-order valence-electron chi connectivity index (χ4n) is 0.498. The van der Waals surface area contributed by atoms with Crippen molar-refractivity contribution in [2.45, 2.75) is 24.2 Å². The molecule has 0 aromatic rings. The van der Waals surface area contributed by atoms with E-state index in [0.717, 1.165) is 0 Å². The zero-order valence-electron chi connectivity index (χ0n) is 5.93. The molecule has 0 saturated carbocycles. The fourth-order valence-corrected chi connectivity index (χ4v) is 3.34. The maximum atomic E-state index is 8.36. The molecule has 0 aliphatic heterocycles. The molecule has 0 aromatic carbocycles. The number of aliphatic hydroxyl groups excluding tert-OH is 1. The van der Waals surface area contributed by atoms with Crippen LogP contribution in [0.2, 0.25) is 4.44 Å². The van der Waals surface area contributed by atoms with Crippen LogP contribution in [-0.4, -0.2) is 32.9 Å². The number of unbranched alkanes of at least 4 members (excludes halogenated alkanes) is 1. The van der Waals surface area contributed by atoms with E-state index in [2.05, 4.69) is 11.0 Å². The van der Waals surface area contributed by atoms with Gasteiger partial charge in [-0.25, -0.2) is 0 Å². The quantitative estimate of drug-likeness (QED) is 0.562. The van der Waals surface area contributed by atoms with Crippen LogP contribution in [0.4, 0.5) is 0 Å². The van der Waals surface area contributed by atoms with Gasteiger partial charge in [-0.2, -0.15) is 0 Å². The standard InChI is InChI=1S/C4H9.C3H5O.Sn/c1-3-4-2;1-2-3-4;/h1,3-4H2,2H3;1-2,4H,3H2;. The predicted octanol–water partition coefficient (Wildman–Crippen LogP) is 1.41. The summed E-state index contributed by atoms with van der Waals surface area (Å²) in [4.78, 5) is 0. The number of aliphatic hydroxyl groups is 1. The summed E-state index contributed by atoms with van der Waals surface area (Å²) in [6, 6.07) is 0. The molecule has 0 aliphatic carbocycles. The average molecular weight is 233 g/mol. The van der Waals surface area contributed by atoms with Gasteiger partial charge in [-0.15, -0.1) is 0 Å². The Hall–Kier alpha value is 0.499. The zero-order chi connectivity index (χ0) is 6.95. The topological polar surface area (TPSA) is 20.2 Å². The van der Waals surface area contributed by atoms with E-state index >= 15 is 0 Å². The number of rotatable bonds is 5. The summed E-state index contributed by atoms with van der Waals surface area (Å²) in [6.45, 7) is 2.45. The molecule has 2 heteroatoms. The van der Waals surface area contributed by atoms with E-state index in [1.165, 1.54) is 17.3 Å². The Kier molecular flexibility index (Phi) is 8.97. The van der Waals surface area contributed by atoms with Crippen LogP contribution in [0.25, 0.3) is 0 Å². The van der Waals surface area contributed by atoms with Crippen molar-refractivity contribution in [3.8, 4) is 0 Å². The summed E-state index contributed by atoms with van der Waals surface area (Å²) in [6.07, 6.45) is 4.57. The molecular formula is C7H14OSn. The molecule has 52 valence electrons. The van der Waals surface area contributed by atoms with Gasteiger partial charge < -0.3 is 0 Å². The molecular weight excluding hydrogens is 219 g/mol. The van der Waals surface area contributed by atoms with Crippen molar-refractivity contribution < 1.29 is 5.11 Å². The first kappa shape index (κ1) is 9.50. The van der Waals surface area contributed by atoms with Crippen LogP contribution in [0.3, 0.4) is 0 Å². The Morgan fingerprint density at radius 3 is 2.89 bits per heavy atom. The van der Waals surface area contributed by atoms with E-state index in [-0.39, 0.29) is 27.7 Å². The second-order valence-corrected chi connectivity index (χ2v) is 5.44. The van der Waals surface area contributed by atoms with Crippen LogP contribution in [0.1, 0.15) is 19.8 Å². The van der Waals surface area contributed by atoms with Crippen molar-refractivity contribution in [1.82, 2.24) is 0 Å². The van der Waals surface area contributed by atoms with Gasteiger partial charge in [-0.1, -0.05) is 0 Å². The van der Waals surface area contributed by atoms with E-state index in [1.54, 1.807) is 0 Å². The summed E-state index contributed by atoms with van der Waals surface area (Å²) in [7, 11) is 0. The molecule has 0 aromatic heterocycles. The maximum absolute atomic E-state index is 8.36. The van der Waals surface area contributed by atoms with Crippen molar-refractivity contribution in [3.05, 3.63) is 10.2 Å². The van der Waals surface area contributed by atoms with E-state index in [0.29, 0.717) is 0 Å². The molecule has 0 rings (SSSR count). The van der Waals surface area contributed by atoms with Gasteiger partial charge in [-0.3, -0.25) is 0 Å². The minimum atomic E-state index is -0.191. The molecule has 0 amide bonds. The number of hydrogen-bond donors (Lipinski definition) is 1. The van der Waals surface area contributed by atoms with Crippen LogP contribution in [0, 0.1) is 0 Å². The molecule has 0 unspecified atom stereocenters. The molecule has 1 nitrogen and oxygen atoms in total. The van der Waals surface area contributed by atoms with E-state index in [4.69, 9.17) is 5.11 Å². The normalized spacial score (nSPS) is 10.9. The zero-order valence-corrected chi connectivity index (χ0v) is 8.78. The first-order chi connectivity index (χ1) is 4.41. The Balaban J connectivity index is 2.82. The fraction of sp³-hybridized carbons (Fsp3) is 0.714. The van der Waals surface area contributed by atoms with E-state index in [1.807, 2.05) is 6.08 Å². The Bertz CT molecular complexity index is 71.3. The second kappa shape index (κ2) is 8.50. The molecule has 9 heavy (non-hydrogen) atoms. The Morgan fingerprint density at radius 1 is 1.56 bits per heavy atom. The Labute approximate surface area is 67.4 Å². The van der Waals surface area contributed by atoms with E-state index in [9.17, 15) is 0 Å². The second-order valence-electron chi connectivity index (χ2n) is 1.89. The summed E-state index contributed by atoms with van der Waals surface area (Å²) in [5, 5.41) is 8.36. The van der Waals surface area contributed by atoms with Gasteiger partial charge in [0.15, 0.2) is 0 Å². The van der Waals surface area contributed by atoms with Crippen molar-refractivity contribution in [2.75, 3.05) is 6.61 Å². The van der Waals surface area contributed by atoms with Crippen LogP contribution in [0.5, 0.6) is 0 Å². The van der Waals surface area contributed by atoms with Gasteiger partial charge in [0.1, 0.15) is 0 Å². The summed E-state index contributed by atoms with van der Waals surface area (Å²) < 4.78 is 3.63. The third-order valence-electron chi connectivity index (χ3n) is 1.02. The molecule has 0 saturated heterocycles. The van der Waals surface area contributed by atoms with Crippen molar-refractivity contribution in [2.24, 2.45) is 0 Å². The molecule has 1 N–H and O–H groups in total. The van der Waals surface area contributed by atoms with Crippen LogP contribution in [0.15, 0.2) is 10.2 Å². The monoisotopic (exact) mass is 234 g/mol. The number of hydrogen-bond acceptors (Lipinski definition) is 1.